The van der Waals surface area contributed by atoms with Crippen LogP contribution in [0.4, 0.5) is 29.3 Å². The van der Waals surface area contributed by atoms with Crippen LogP contribution in [-0.2, 0) is 36.5 Å². The lowest BCUT2D eigenvalue weighted by molar-refractivity contribution is -0.144. The molecule has 302 valence electrons. The van der Waals surface area contributed by atoms with Crippen molar-refractivity contribution >= 4 is 47.4 Å². The molecule has 2 unspecified atom stereocenters. The number of rotatable bonds is 4. The van der Waals surface area contributed by atoms with Crippen LogP contribution < -0.4 is 20.7 Å². The number of carbonyl (C=O) groups excluding carboxylic acids is 3. The highest BCUT2D eigenvalue weighted by Gasteiger charge is 2.45. The maximum absolute atomic E-state index is 12.9. The number of nitrogens with zero attached hydrogens (tertiary/aromatic N) is 2. The SMILES string of the molecule is COc1cc2cc(c1Cl)N(C)C(=O)CCC1O[C@H]1CC1C[C@](O)(C/C=C/C=C(\C)C2)NC(=O)O1.C[C@@H](C(=O)O)N(C)C=O.Cc1ccc(N)c(C(F)(F)F)c1. The van der Waals surface area contributed by atoms with Gasteiger partial charge in [0.2, 0.25) is 12.3 Å². The molecule has 5 N–H and O–H groups in total. The molecule has 0 radical (unpaired) electrons. The summed E-state index contributed by atoms with van der Waals surface area (Å²) in [5.41, 5.74) is 5.97. The Hall–Kier alpha value is -4.80. The molecule has 3 aliphatic rings. The van der Waals surface area contributed by atoms with Crippen molar-refractivity contribution in [2.45, 2.75) is 95.6 Å². The van der Waals surface area contributed by atoms with Crippen LogP contribution in [0, 0.1) is 6.92 Å². The van der Waals surface area contributed by atoms with Gasteiger partial charge in [0.1, 0.15) is 28.6 Å². The number of halogens is 4. The number of fused-ring (bicyclic) bond motifs is 5. The van der Waals surface area contributed by atoms with Gasteiger partial charge in [-0.1, -0.05) is 47.0 Å². The third-order valence-electron chi connectivity index (χ3n) is 9.14. The second kappa shape index (κ2) is 19.2. The lowest BCUT2D eigenvalue weighted by Crippen LogP contribution is -2.56. The van der Waals surface area contributed by atoms with E-state index in [4.69, 9.17) is 36.7 Å². The number of aliphatic carboxylic acids is 1. The topological polar surface area (TPSA) is 184 Å². The van der Waals surface area contributed by atoms with E-state index in [0.29, 0.717) is 54.1 Å². The number of aliphatic hydroxyl groups is 1. The third kappa shape index (κ3) is 13.2. The van der Waals surface area contributed by atoms with Gasteiger partial charge in [-0.3, -0.25) is 14.9 Å². The van der Waals surface area contributed by atoms with Crippen LogP contribution in [0.25, 0.3) is 0 Å². The Morgan fingerprint density at radius 3 is 2.49 bits per heavy atom. The van der Waals surface area contributed by atoms with E-state index in [2.05, 4.69) is 5.32 Å². The molecule has 4 bridgehead atoms. The van der Waals surface area contributed by atoms with Gasteiger partial charge in [0.15, 0.2) is 0 Å². The van der Waals surface area contributed by atoms with Crippen LogP contribution in [0.2, 0.25) is 5.02 Å². The third-order valence-corrected chi connectivity index (χ3v) is 9.52. The molecule has 5 atom stereocenters. The number of benzene rings is 2. The number of ether oxygens (including phenoxy) is 3. The molecule has 13 nitrogen and oxygen atoms in total. The number of anilines is 2. The zero-order valence-electron chi connectivity index (χ0n) is 31.5. The lowest BCUT2D eigenvalue weighted by atomic mass is 9.96. The van der Waals surface area contributed by atoms with E-state index in [9.17, 15) is 37.5 Å². The zero-order chi connectivity index (χ0) is 41.2. The zero-order valence-corrected chi connectivity index (χ0v) is 32.2. The monoisotopic (exact) mass is 796 g/mol. The highest BCUT2D eigenvalue weighted by atomic mass is 35.5. The number of nitrogens with one attached hydrogen (secondary N) is 1. The number of alkyl carbamates (subject to hydrolysis) is 1. The molecule has 5 rings (SSSR count). The van der Waals surface area contributed by atoms with E-state index in [1.807, 2.05) is 37.3 Å². The number of allylic oxidation sites excluding steroid dienone is 3. The number of likely N-dealkylation sites (N-methyl/N-ethyl adjacent to an activating group) is 1. The van der Waals surface area contributed by atoms with Crippen molar-refractivity contribution in [2.75, 3.05) is 31.8 Å². The molecule has 3 aliphatic heterocycles. The Balaban J connectivity index is 0.000000316. The fourth-order valence-electron chi connectivity index (χ4n) is 5.76. The van der Waals surface area contributed by atoms with Crippen molar-refractivity contribution in [3.05, 3.63) is 75.8 Å². The molecule has 2 aromatic rings. The number of methoxy groups -OCH3 is 1. The van der Waals surface area contributed by atoms with E-state index in [1.54, 1.807) is 32.0 Å². The van der Waals surface area contributed by atoms with Crippen molar-refractivity contribution in [2.24, 2.45) is 0 Å². The minimum absolute atomic E-state index is 0.0777. The number of aryl methyl sites for hydroxylation is 1. The minimum atomic E-state index is -4.35. The molecule has 0 aromatic heterocycles. The second-order valence-corrected chi connectivity index (χ2v) is 14.0. The molecule has 55 heavy (non-hydrogen) atoms. The van der Waals surface area contributed by atoms with Crippen LogP contribution >= 0.6 is 11.6 Å². The Morgan fingerprint density at radius 1 is 1.22 bits per heavy atom. The van der Waals surface area contributed by atoms with Crippen LogP contribution in [-0.4, -0.2) is 90.8 Å². The summed E-state index contributed by atoms with van der Waals surface area (Å²) in [6.45, 7) is 5.03. The van der Waals surface area contributed by atoms with Crippen molar-refractivity contribution in [1.82, 2.24) is 10.2 Å². The first kappa shape index (κ1) is 44.6. The normalized spacial score (nSPS) is 24.7. The summed E-state index contributed by atoms with van der Waals surface area (Å²) in [6, 6.07) is 6.89. The first-order valence-corrected chi connectivity index (χ1v) is 17.7. The maximum Gasteiger partial charge on any atom is 0.418 e. The molecule has 2 aromatic carbocycles. The van der Waals surface area contributed by atoms with Gasteiger partial charge >= 0.3 is 18.2 Å². The van der Waals surface area contributed by atoms with Crippen LogP contribution in [0.1, 0.15) is 62.6 Å². The van der Waals surface area contributed by atoms with Crippen molar-refractivity contribution in [3.8, 4) is 5.75 Å². The van der Waals surface area contributed by atoms with Crippen molar-refractivity contribution in [1.29, 1.82) is 0 Å². The molecule has 2 saturated heterocycles. The first-order chi connectivity index (χ1) is 25.7. The van der Waals surface area contributed by atoms with Gasteiger partial charge < -0.3 is 40.0 Å². The average Bonchev–Trinajstić information content (AvgIpc) is 3.86. The molecular formula is C38H48ClF3N4O9. The number of alkyl halides is 3. The Kier molecular flexibility index (Phi) is 15.6. The minimum Gasteiger partial charge on any atom is -0.495 e. The quantitative estimate of drug-likeness (QED) is 0.162. The molecule has 0 spiro atoms. The van der Waals surface area contributed by atoms with Gasteiger partial charge in [0.05, 0.1) is 30.6 Å². The predicted molar refractivity (Wildman–Crippen MR) is 200 cm³/mol. The fourth-order valence-corrected chi connectivity index (χ4v) is 6.08. The molecule has 0 saturated carbocycles. The van der Waals surface area contributed by atoms with E-state index < -0.39 is 41.7 Å². The van der Waals surface area contributed by atoms with Crippen LogP contribution in [0.5, 0.6) is 5.75 Å². The highest BCUT2D eigenvalue weighted by molar-refractivity contribution is 6.35. The summed E-state index contributed by atoms with van der Waals surface area (Å²) in [5.74, 6) is -0.561. The Bertz CT molecular complexity index is 1770. The second-order valence-electron chi connectivity index (χ2n) is 13.7. The van der Waals surface area contributed by atoms with Gasteiger partial charge in [-0.2, -0.15) is 13.2 Å². The summed E-state index contributed by atoms with van der Waals surface area (Å²) >= 11 is 6.54. The van der Waals surface area contributed by atoms with Gasteiger partial charge in [-0.25, -0.2) is 9.59 Å². The smallest absolute Gasteiger partial charge is 0.418 e. The number of nitrogens with two attached hydrogens (primary N) is 1. The highest BCUT2D eigenvalue weighted by Crippen LogP contribution is 2.38. The van der Waals surface area contributed by atoms with Gasteiger partial charge in [-0.15, -0.1) is 0 Å². The van der Waals surface area contributed by atoms with Gasteiger partial charge in [-0.05, 0) is 63.4 Å². The van der Waals surface area contributed by atoms with Gasteiger partial charge in [0, 0.05) is 45.5 Å². The average molecular weight is 797 g/mol. The van der Waals surface area contributed by atoms with Crippen LogP contribution in [0.15, 0.2) is 54.1 Å². The number of epoxide rings is 1. The molecule has 3 amide bonds. The Morgan fingerprint density at radius 2 is 1.91 bits per heavy atom. The number of carbonyl (C=O) groups is 4. The predicted octanol–water partition coefficient (Wildman–Crippen LogP) is 6.03. The van der Waals surface area contributed by atoms with Crippen molar-refractivity contribution < 1.29 is 56.8 Å². The number of nitrogen functional groups attached to an aromatic ring is 1. The lowest BCUT2D eigenvalue weighted by Gasteiger charge is -2.36. The summed E-state index contributed by atoms with van der Waals surface area (Å²) in [7, 11) is 4.69. The van der Waals surface area contributed by atoms with Gasteiger partial charge in [0.25, 0.3) is 0 Å². The molecular weight excluding hydrogens is 749 g/mol. The number of carboxylic acids is 1. The standard InChI is InChI=1S/C25H31ClN2O6.C8H8F3N.C5H9NO3/c1-15-6-4-5-9-25(31)14-17(33-24(30)27-25)13-20-19(34-20)7-8-22(29)28(2)18-11-16(10-15)12-21(32-3)23(18)26;1-5-2-3-7(12)6(4-5)8(9,10)11;1-4(5(8)9)6(2)3-7/h4-6,11-12,17,19-20,31H,7-10,13-14H2,1-3H3,(H,27,30);2-4H,12H2,1H3;3-4H,1-2H3,(H,8,9)/b5-4+,15-6+;;/t17?,19?,20-,25+;;4-/m0.0/s1. The number of amides is 3. The molecule has 17 heteroatoms. The number of carboxylic acid groups (broad SMARTS) is 1. The summed E-state index contributed by atoms with van der Waals surface area (Å²) in [5, 5.41) is 22.1. The number of hydrogen-bond donors (Lipinski definition) is 4. The van der Waals surface area contributed by atoms with Crippen molar-refractivity contribution in [3.63, 3.8) is 0 Å². The van der Waals surface area contributed by atoms with E-state index in [0.717, 1.165) is 22.1 Å². The first-order valence-electron chi connectivity index (χ1n) is 17.3. The molecule has 3 heterocycles. The van der Waals surface area contributed by atoms with E-state index in [-0.39, 0.29) is 36.6 Å². The number of hydrogen-bond acceptors (Lipinski definition) is 9. The Labute approximate surface area is 322 Å². The summed E-state index contributed by atoms with van der Waals surface area (Å²) in [6.07, 6.45) is 2.99. The largest absolute Gasteiger partial charge is 0.495 e. The summed E-state index contributed by atoms with van der Waals surface area (Å²) < 4.78 is 53.0. The molecule has 0 aliphatic carbocycles. The summed E-state index contributed by atoms with van der Waals surface area (Å²) in [4.78, 5) is 47.6. The van der Waals surface area contributed by atoms with E-state index >= 15 is 0 Å². The van der Waals surface area contributed by atoms with E-state index in [1.165, 1.54) is 20.0 Å². The molecule has 2 fully saturated rings. The fraction of sp³-hybridized carbons (Fsp3) is 0.474. The van der Waals surface area contributed by atoms with Crippen LogP contribution in [0.3, 0.4) is 0 Å². The maximum atomic E-state index is 12.9.